The average molecular weight is 261 g/mol. The second-order valence-electron chi connectivity index (χ2n) is 5.34. The lowest BCUT2D eigenvalue weighted by Crippen LogP contribution is -2.32. The van der Waals surface area contributed by atoms with Crippen molar-refractivity contribution in [2.45, 2.75) is 51.0 Å². The van der Waals surface area contributed by atoms with Gasteiger partial charge in [-0.15, -0.1) is 0 Å². The Hall–Kier alpha value is -1.09. The van der Waals surface area contributed by atoms with Gasteiger partial charge in [-0.1, -0.05) is 37.5 Å². The summed E-state index contributed by atoms with van der Waals surface area (Å²) in [5.41, 5.74) is 2.48. The van der Waals surface area contributed by atoms with Crippen molar-refractivity contribution in [3.05, 3.63) is 23.8 Å². The van der Waals surface area contributed by atoms with Gasteiger partial charge in [0.15, 0.2) is 0 Å². The van der Waals surface area contributed by atoms with E-state index in [1.807, 2.05) is 6.92 Å². The Balaban J connectivity index is 1.86. The van der Waals surface area contributed by atoms with Gasteiger partial charge >= 0.3 is 0 Å². The van der Waals surface area contributed by atoms with E-state index >= 15 is 0 Å². The molecule has 1 aromatic rings. The first-order chi connectivity index (χ1) is 8.74. The SMILES string of the molecule is CC1Oc2ccc(C3CCCCC3)cc2NC1=S. The summed E-state index contributed by atoms with van der Waals surface area (Å²) < 4.78 is 5.78. The first kappa shape index (κ1) is 12.0. The molecule has 1 atom stereocenters. The van der Waals surface area contributed by atoms with Crippen LogP contribution in [0.1, 0.15) is 50.5 Å². The van der Waals surface area contributed by atoms with E-state index in [1.165, 1.54) is 37.7 Å². The van der Waals surface area contributed by atoms with Crippen molar-refractivity contribution in [3.63, 3.8) is 0 Å². The van der Waals surface area contributed by atoms with Crippen LogP contribution in [0.4, 0.5) is 5.69 Å². The molecule has 18 heavy (non-hydrogen) atoms. The van der Waals surface area contributed by atoms with Gasteiger partial charge < -0.3 is 10.1 Å². The lowest BCUT2D eigenvalue weighted by atomic mass is 9.84. The quantitative estimate of drug-likeness (QED) is 0.763. The van der Waals surface area contributed by atoms with Crippen LogP contribution in [-0.2, 0) is 0 Å². The molecule has 0 bridgehead atoms. The standard InChI is InChI=1S/C15H19NOS/c1-10-15(18)16-13-9-12(7-8-14(13)17-10)11-5-3-2-4-6-11/h7-11H,2-6H2,1H3,(H,16,18). The van der Waals surface area contributed by atoms with E-state index in [4.69, 9.17) is 17.0 Å². The molecule has 1 fully saturated rings. The van der Waals surface area contributed by atoms with E-state index in [1.54, 1.807) is 0 Å². The summed E-state index contributed by atoms with van der Waals surface area (Å²) in [6, 6.07) is 6.53. The van der Waals surface area contributed by atoms with Gasteiger partial charge in [0.1, 0.15) is 16.8 Å². The maximum absolute atomic E-state index is 5.78. The van der Waals surface area contributed by atoms with Gasteiger partial charge in [0, 0.05) is 0 Å². The minimum absolute atomic E-state index is 0.0203. The zero-order valence-corrected chi connectivity index (χ0v) is 11.6. The molecule has 1 N–H and O–H groups in total. The largest absolute Gasteiger partial charge is 0.481 e. The van der Waals surface area contributed by atoms with E-state index in [-0.39, 0.29) is 6.10 Å². The summed E-state index contributed by atoms with van der Waals surface area (Å²) in [6.45, 7) is 1.98. The maximum Gasteiger partial charge on any atom is 0.146 e. The number of benzene rings is 1. The van der Waals surface area contributed by atoms with Gasteiger partial charge in [0.05, 0.1) is 5.69 Å². The second kappa shape index (κ2) is 4.88. The fraction of sp³-hybridized carbons (Fsp3) is 0.533. The molecule has 0 radical (unpaired) electrons. The fourth-order valence-corrected chi connectivity index (χ4v) is 3.07. The first-order valence-electron chi connectivity index (χ1n) is 6.85. The topological polar surface area (TPSA) is 21.3 Å². The van der Waals surface area contributed by atoms with Gasteiger partial charge in [-0.2, -0.15) is 0 Å². The highest BCUT2D eigenvalue weighted by atomic mass is 32.1. The molecule has 1 aliphatic heterocycles. The van der Waals surface area contributed by atoms with Crippen molar-refractivity contribution in [1.82, 2.24) is 0 Å². The van der Waals surface area contributed by atoms with Crippen LogP contribution in [-0.4, -0.2) is 11.1 Å². The minimum atomic E-state index is -0.0203. The molecular weight excluding hydrogens is 242 g/mol. The second-order valence-corrected chi connectivity index (χ2v) is 5.78. The number of hydrogen-bond donors (Lipinski definition) is 1. The summed E-state index contributed by atoms with van der Waals surface area (Å²) in [5, 5.41) is 3.30. The van der Waals surface area contributed by atoms with E-state index in [2.05, 4.69) is 23.5 Å². The number of nitrogens with one attached hydrogen (secondary N) is 1. The smallest absolute Gasteiger partial charge is 0.146 e. The molecule has 1 aromatic carbocycles. The predicted octanol–water partition coefficient (Wildman–Crippen LogP) is 4.25. The number of anilines is 1. The molecule has 2 nitrogen and oxygen atoms in total. The van der Waals surface area contributed by atoms with E-state index in [9.17, 15) is 0 Å². The van der Waals surface area contributed by atoms with Crippen LogP contribution < -0.4 is 10.1 Å². The van der Waals surface area contributed by atoms with Crippen LogP contribution in [0, 0.1) is 0 Å². The van der Waals surface area contributed by atoms with Gasteiger partial charge in [-0.05, 0) is 43.4 Å². The first-order valence-corrected chi connectivity index (χ1v) is 7.26. The van der Waals surface area contributed by atoms with Gasteiger partial charge in [0.25, 0.3) is 0 Å². The molecule has 0 spiro atoms. The van der Waals surface area contributed by atoms with Crippen molar-refractivity contribution in [1.29, 1.82) is 0 Å². The van der Waals surface area contributed by atoms with E-state index < -0.39 is 0 Å². The molecule has 1 heterocycles. The molecule has 1 saturated carbocycles. The normalized spacial score (nSPS) is 24.1. The third kappa shape index (κ3) is 2.24. The summed E-state index contributed by atoms with van der Waals surface area (Å²) in [6.07, 6.45) is 6.74. The highest BCUT2D eigenvalue weighted by Gasteiger charge is 2.22. The van der Waals surface area contributed by atoms with Crippen LogP contribution in [0.2, 0.25) is 0 Å². The molecule has 3 rings (SSSR count). The fourth-order valence-electron chi connectivity index (χ4n) is 2.92. The van der Waals surface area contributed by atoms with Crippen LogP contribution in [0.3, 0.4) is 0 Å². The number of ether oxygens (including phenoxy) is 1. The molecule has 0 aromatic heterocycles. The highest BCUT2D eigenvalue weighted by Crippen LogP contribution is 2.37. The molecule has 0 saturated heterocycles. The summed E-state index contributed by atoms with van der Waals surface area (Å²) >= 11 is 5.27. The molecule has 0 amide bonds. The van der Waals surface area contributed by atoms with E-state index in [0.717, 1.165) is 22.3 Å². The zero-order valence-electron chi connectivity index (χ0n) is 10.7. The Morgan fingerprint density at radius 2 is 2.00 bits per heavy atom. The summed E-state index contributed by atoms with van der Waals surface area (Å²) in [5.74, 6) is 1.65. The minimum Gasteiger partial charge on any atom is -0.481 e. The van der Waals surface area contributed by atoms with Gasteiger partial charge in [-0.3, -0.25) is 0 Å². The van der Waals surface area contributed by atoms with Gasteiger partial charge in [0.2, 0.25) is 0 Å². The van der Waals surface area contributed by atoms with Crippen molar-refractivity contribution >= 4 is 22.9 Å². The van der Waals surface area contributed by atoms with Crippen molar-refractivity contribution < 1.29 is 4.74 Å². The highest BCUT2D eigenvalue weighted by molar-refractivity contribution is 7.80. The monoisotopic (exact) mass is 261 g/mol. The third-order valence-electron chi connectivity index (χ3n) is 4.01. The van der Waals surface area contributed by atoms with Crippen molar-refractivity contribution in [2.24, 2.45) is 0 Å². The number of thiocarbonyl (C=S) groups is 1. The third-order valence-corrected chi connectivity index (χ3v) is 4.45. The molecule has 3 heteroatoms. The van der Waals surface area contributed by atoms with Crippen LogP contribution in [0.15, 0.2) is 18.2 Å². The number of rotatable bonds is 1. The molecule has 1 unspecified atom stereocenters. The van der Waals surface area contributed by atoms with Crippen molar-refractivity contribution in [3.8, 4) is 5.75 Å². The number of fused-ring (bicyclic) bond motifs is 1. The Bertz CT molecular complexity index is 466. The lowest BCUT2D eigenvalue weighted by Gasteiger charge is -2.28. The zero-order chi connectivity index (χ0) is 12.5. The molecular formula is C15H19NOS. The Morgan fingerprint density at radius 1 is 1.22 bits per heavy atom. The van der Waals surface area contributed by atoms with Crippen LogP contribution in [0.25, 0.3) is 0 Å². The van der Waals surface area contributed by atoms with Gasteiger partial charge in [-0.25, -0.2) is 0 Å². The van der Waals surface area contributed by atoms with Crippen LogP contribution in [0.5, 0.6) is 5.75 Å². The predicted molar refractivity (Wildman–Crippen MR) is 78.6 cm³/mol. The van der Waals surface area contributed by atoms with Crippen LogP contribution >= 0.6 is 12.2 Å². The Kier molecular flexibility index (Phi) is 3.25. The Morgan fingerprint density at radius 3 is 2.78 bits per heavy atom. The molecule has 96 valence electrons. The number of hydrogen-bond acceptors (Lipinski definition) is 2. The summed E-state index contributed by atoms with van der Waals surface area (Å²) in [7, 11) is 0. The van der Waals surface area contributed by atoms with Crippen molar-refractivity contribution in [2.75, 3.05) is 5.32 Å². The Labute approximate surface area is 114 Å². The maximum atomic E-state index is 5.78. The average Bonchev–Trinajstić information content (AvgIpc) is 2.41. The molecule has 2 aliphatic rings. The molecule has 1 aliphatic carbocycles. The lowest BCUT2D eigenvalue weighted by molar-refractivity contribution is 0.285. The summed E-state index contributed by atoms with van der Waals surface area (Å²) in [4.78, 5) is 0.781. The van der Waals surface area contributed by atoms with E-state index in [0.29, 0.717) is 0 Å².